The minimum atomic E-state index is -0.00614. The van der Waals surface area contributed by atoms with E-state index >= 15 is 0 Å². The third-order valence-corrected chi connectivity index (χ3v) is 7.08. The Bertz CT molecular complexity index is 1280. The van der Waals surface area contributed by atoms with E-state index in [9.17, 15) is 4.79 Å². The zero-order chi connectivity index (χ0) is 25.8. The molecule has 1 atom stereocenters. The molecule has 0 aromatic heterocycles. The summed E-state index contributed by atoms with van der Waals surface area (Å²) >= 11 is 0. The second-order valence-electron chi connectivity index (χ2n) is 9.25. The zero-order valence-electron chi connectivity index (χ0n) is 21.5. The SMILES string of the molecule is COc1ccc(OC)c(C2C=CC=C(C3=CN(C(=O)CN4CCc5cccc(OC)c5C4)C=CO3)C2)c1. The fourth-order valence-corrected chi connectivity index (χ4v) is 5.09. The van der Waals surface area contributed by atoms with Crippen molar-refractivity contribution in [2.75, 3.05) is 34.4 Å². The van der Waals surface area contributed by atoms with Crippen LogP contribution in [0.4, 0.5) is 0 Å². The minimum Gasteiger partial charge on any atom is -0.497 e. The van der Waals surface area contributed by atoms with Crippen LogP contribution in [0.1, 0.15) is 29.0 Å². The summed E-state index contributed by atoms with van der Waals surface area (Å²) in [6, 6.07) is 12.0. The average Bonchev–Trinajstić information content (AvgIpc) is 2.96. The van der Waals surface area contributed by atoms with Crippen LogP contribution in [0.3, 0.4) is 0 Å². The van der Waals surface area contributed by atoms with Crippen LogP contribution in [0.25, 0.3) is 0 Å². The molecule has 0 saturated carbocycles. The van der Waals surface area contributed by atoms with E-state index < -0.39 is 0 Å². The number of methoxy groups -OCH3 is 3. The predicted molar refractivity (Wildman–Crippen MR) is 141 cm³/mol. The quantitative estimate of drug-likeness (QED) is 0.538. The summed E-state index contributed by atoms with van der Waals surface area (Å²) in [4.78, 5) is 17.0. The Balaban J connectivity index is 1.28. The Hall–Kier alpha value is -3.97. The maximum atomic E-state index is 13.2. The summed E-state index contributed by atoms with van der Waals surface area (Å²) in [6.07, 6.45) is 12.8. The molecule has 192 valence electrons. The first-order valence-electron chi connectivity index (χ1n) is 12.4. The Labute approximate surface area is 217 Å². The van der Waals surface area contributed by atoms with E-state index in [0.29, 0.717) is 25.3 Å². The monoisotopic (exact) mass is 500 g/mol. The lowest BCUT2D eigenvalue weighted by Gasteiger charge is -2.31. The van der Waals surface area contributed by atoms with Crippen LogP contribution in [0.15, 0.2) is 84.6 Å². The highest BCUT2D eigenvalue weighted by atomic mass is 16.5. The lowest BCUT2D eigenvalue weighted by molar-refractivity contribution is -0.128. The first-order valence-corrected chi connectivity index (χ1v) is 12.4. The highest BCUT2D eigenvalue weighted by Gasteiger charge is 2.26. The Kier molecular flexibility index (Phi) is 7.32. The lowest BCUT2D eigenvalue weighted by Crippen LogP contribution is -2.39. The van der Waals surface area contributed by atoms with Crippen LogP contribution in [-0.2, 0) is 22.5 Å². The summed E-state index contributed by atoms with van der Waals surface area (Å²) in [5, 5.41) is 0. The van der Waals surface area contributed by atoms with Gasteiger partial charge in [-0.1, -0.05) is 30.4 Å². The third-order valence-electron chi connectivity index (χ3n) is 7.08. The van der Waals surface area contributed by atoms with Crippen LogP contribution < -0.4 is 14.2 Å². The molecule has 5 rings (SSSR count). The molecule has 0 bridgehead atoms. The minimum absolute atomic E-state index is 0.00614. The number of carbonyl (C=O) groups is 1. The highest BCUT2D eigenvalue weighted by Crippen LogP contribution is 2.39. The Morgan fingerprint density at radius 1 is 1.08 bits per heavy atom. The number of ether oxygens (including phenoxy) is 4. The summed E-state index contributed by atoms with van der Waals surface area (Å²) in [6.45, 7) is 1.83. The third kappa shape index (κ3) is 5.27. The van der Waals surface area contributed by atoms with E-state index in [4.69, 9.17) is 18.9 Å². The molecule has 1 amide bonds. The van der Waals surface area contributed by atoms with Gasteiger partial charge >= 0.3 is 0 Å². The number of carbonyl (C=O) groups excluding carboxylic acids is 1. The number of fused-ring (bicyclic) bond motifs is 1. The molecule has 0 radical (unpaired) electrons. The van der Waals surface area contributed by atoms with Crippen molar-refractivity contribution < 1.29 is 23.7 Å². The standard InChI is InChI=1S/C30H32N2O5/c1-34-24-10-11-28(36-3)25(17-24)22-7-4-8-23(16-22)29-19-32(14-15-37-29)30(33)20-31-13-12-21-6-5-9-27(35-2)26(21)18-31/h4-11,14-15,17,19,22H,12-13,16,18,20H2,1-3H3. The van der Waals surface area contributed by atoms with Crippen molar-refractivity contribution in [2.45, 2.75) is 25.3 Å². The molecule has 37 heavy (non-hydrogen) atoms. The van der Waals surface area contributed by atoms with Gasteiger partial charge in [0, 0.05) is 36.3 Å². The first kappa shape index (κ1) is 24.7. The van der Waals surface area contributed by atoms with Crippen LogP contribution in [0.2, 0.25) is 0 Å². The van der Waals surface area contributed by atoms with Gasteiger partial charge < -0.3 is 18.9 Å². The topological polar surface area (TPSA) is 60.5 Å². The zero-order valence-corrected chi connectivity index (χ0v) is 21.5. The molecule has 2 aromatic rings. The number of nitrogens with zero attached hydrogens (tertiary/aromatic N) is 2. The molecular formula is C30H32N2O5. The number of allylic oxidation sites excluding steroid dienone is 4. The normalized spacial score (nSPS) is 18.9. The summed E-state index contributed by atoms with van der Waals surface area (Å²) < 4.78 is 22.4. The van der Waals surface area contributed by atoms with Gasteiger partial charge in [0.05, 0.1) is 34.1 Å². The molecule has 2 aliphatic heterocycles. The predicted octanol–water partition coefficient (Wildman–Crippen LogP) is 4.91. The van der Waals surface area contributed by atoms with Gasteiger partial charge in [0.15, 0.2) is 0 Å². The van der Waals surface area contributed by atoms with E-state index in [-0.39, 0.29) is 11.8 Å². The van der Waals surface area contributed by atoms with Crippen LogP contribution in [-0.4, -0.2) is 50.1 Å². The second-order valence-corrected chi connectivity index (χ2v) is 9.25. The van der Waals surface area contributed by atoms with Gasteiger partial charge in [-0.2, -0.15) is 0 Å². The fraction of sp³-hybridized carbons (Fsp3) is 0.300. The van der Waals surface area contributed by atoms with Crippen LogP contribution in [0, 0.1) is 0 Å². The van der Waals surface area contributed by atoms with Crippen LogP contribution >= 0.6 is 0 Å². The van der Waals surface area contributed by atoms with E-state index in [0.717, 1.165) is 46.9 Å². The van der Waals surface area contributed by atoms with Gasteiger partial charge in [-0.05, 0) is 48.2 Å². The molecule has 0 N–H and O–H groups in total. The van der Waals surface area contributed by atoms with Crippen molar-refractivity contribution in [2.24, 2.45) is 0 Å². The number of amides is 1. The van der Waals surface area contributed by atoms with E-state index in [1.807, 2.05) is 42.5 Å². The number of benzene rings is 2. The Morgan fingerprint density at radius 2 is 1.95 bits per heavy atom. The van der Waals surface area contributed by atoms with Gasteiger partial charge in [-0.3, -0.25) is 14.6 Å². The molecule has 3 aliphatic rings. The van der Waals surface area contributed by atoms with Gasteiger partial charge in [-0.15, -0.1) is 0 Å². The molecule has 0 fully saturated rings. The van der Waals surface area contributed by atoms with Crippen molar-refractivity contribution in [1.29, 1.82) is 0 Å². The number of hydrogen-bond acceptors (Lipinski definition) is 6. The second kappa shape index (κ2) is 11.0. The van der Waals surface area contributed by atoms with Gasteiger partial charge in [0.2, 0.25) is 5.91 Å². The van der Waals surface area contributed by atoms with E-state index in [2.05, 4.69) is 17.0 Å². The Morgan fingerprint density at radius 3 is 2.76 bits per heavy atom. The first-order chi connectivity index (χ1) is 18.1. The smallest absolute Gasteiger partial charge is 0.244 e. The summed E-state index contributed by atoms with van der Waals surface area (Å²) in [5.41, 5.74) is 4.51. The number of hydrogen-bond donors (Lipinski definition) is 0. The molecular weight excluding hydrogens is 468 g/mol. The van der Waals surface area contributed by atoms with Crippen molar-refractivity contribution in [3.8, 4) is 17.2 Å². The molecule has 1 unspecified atom stereocenters. The molecule has 2 aromatic carbocycles. The molecule has 0 saturated heterocycles. The molecule has 0 spiro atoms. The van der Waals surface area contributed by atoms with E-state index in [1.165, 1.54) is 5.56 Å². The summed E-state index contributed by atoms with van der Waals surface area (Å²) in [7, 11) is 5.02. The van der Waals surface area contributed by atoms with Gasteiger partial charge in [0.25, 0.3) is 0 Å². The van der Waals surface area contributed by atoms with Crippen molar-refractivity contribution in [1.82, 2.24) is 9.80 Å². The highest BCUT2D eigenvalue weighted by molar-refractivity contribution is 5.80. The van der Waals surface area contributed by atoms with Gasteiger partial charge in [-0.25, -0.2) is 0 Å². The van der Waals surface area contributed by atoms with Crippen LogP contribution in [0.5, 0.6) is 17.2 Å². The number of rotatable bonds is 7. The molecule has 1 aliphatic carbocycles. The maximum absolute atomic E-state index is 13.2. The fourth-order valence-electron chi connectivity index (χ4n) is 5.09. The molecule has 2 heterocycles. The maximum Gasteiger partial charge on any atom is 0.244 e. The van der Waals surface area contributed by atoms with Gasteiger partial charge in [0.1, 0.15) is 29.3 Å². The largest absolute Gasteiger partial charge is 0.497 e. The van der Waals surface area contributed by atoms with Crippen molar-refractivity contribution >= 4 is 5.91 Å². The molecule has 7 heteroatoms. The van der Waals surface area contributed by atoms with E-state index in [1.54, 1.807) is 44.9 Å². The molecule has 7 nitrogen and oxygen atoms in total. The average molecular weight is 501 g/mol. The summed E-state index contributed by atoms with van der Waals surface area (Å²) in [5.74, 6) is 3.22. The van der Waals surface area contributed by atoms with Crippen molar-refractivity contribution in [3.05, 3.63) is 101 Å². The van der Waals surface area contributed by atoms with Crippen molar-refractivity contribution in [3.63, 3.8) is 0 Å². The lowest BCUT2D eigenvalue weighted by atomic mass is 9.87.